The zero-order valence-corrected chi connectivity index (χ0v) is 29.2. The average Bonchev–Trinajstić information content (AvgIpc) is 3.09. The fourth-order valence-electron chi connectivity index (χ4n) is 5.95. The molecule has 0 atom stereocenters. The molecule has 2 aromatic heterocycles. The molecule has 0 N–H and O–H groups in total. The molecular formula is C39H26F4N2O2PtS. The first-order valence-electron chi connectivity index (χ1n) is 15.1. The Hall–Kier alpha value is -4.46. The predicted octanol–water partition coefficient (Wildman–Crippen LogP) is 8.62. The van der Waals surface area contributed by atoms with E-state index < -0.39 is 61.0 Å². The Morgan fingerprint density at radius 1 is 0.653 bits per heavy atom. The van der Waals surface area contributed by atoms with Gasteiger partial charge in [-0.25, -0.2) is 8.42 Å². The predicted molar refractivity (Wildman–Crippen MR) is 173 cm³/mol. The largest absolute Gasteiger partial charge is 2.00 e. The molecule has 4 nitrogen and oxygen atoms in total. The van der Waals surface area contributed by atoms with Crippen LogP contribution >= 0.6 is 0 Å². The second-order valence-electron chi connectivity index (χ2n) is 12.1. The number of aromatic nitrogens is 2. The van der Waals surface area contributed by atoms with Gasteiger partial charge in [0, 0.05) is 28.4 Å². The maximum absolute atomic E-state index is 16.5. The van der Waals surface area contributed by atoms with E-state index >= 15 is 17.6 Å². The molecule has 0 saturated heterocycles. The van der Waals surface area contributed by atoms with Gasteiger partial charge in [0.2, 0.25) is 0 Å². The third kappa shape index (κ3) is 6.04. The van der Waals surface area contributed by atoms with Crippen molar-refractivity contribution in [1.29, 1.82) is 0 Å². The maximum Gasteiger partial charge on any atom is 2.00 e. The molecule has 7 rings (SSSR count). The van der Waals surface area contributed by atoms with Crippen LogP contribution in [0, 0.1) is 35.4 Å². The van der Waals surface area contributed by atoms with Gasteiger partial charge in [-0.2, -0.15) is 0 Å². The van der Waals surface area contributed by atoms with Crippen LogP contribution in [0.15, 0.2) is 107 Å². The minimum absolute atomic E-state index is 0. The fraction of sp³-hybridized carbons (Fsp3) is 0.128. The Morgan fingerprint density at radius 2 is 1.16 bits per heavy atom. The molecule has 0 unspecified atom stereocenters. The van der Waals surface area contributed by atoms with Crippen molar-refractivity contribution in [2.45, 2.75) is 41.9 Å². The number of rotatable bonds is 4. The number of fused-ring (bicyclic) bond motifs is 10. The molecule has 1 aliphatic rings. The van der Waals surface area contributed by atoms with Gasteiger partial charge in [-0.3, -0.25) is 17.6 Å². The van der Waals surface area contributed by atoms with E-state index in [1.54, 1.807) is 66.7 Å². The van der Waals surface area contributed by atoms with E-state index in [-0.39, 0.29) is 60.5 Å². The third-order valence-corrected chi connectivity index (χ3v) is 10.4. The van der Waals surface area contributed by atoms with Gasteiger partial charge in [-0.05, 0) is 67.9 Å². The van der Waals surface area contributed by atoms with Crippen LogP contribution in [0.5, 0.6) is 0 Å². The average molecular weight is 858 g/mol. The third-order valence-electron chi connectivity index (χ3n) is 8.64. The number of benzene rings is 4. The number of pyridine rings is 2. The summed E-state index contributed by atoms with van der Waals surface area (Å²) in [6.45, 7) is 3.66. The monoisotopic (exact) mass is 857 g/mol. The molecule has 0 saturated carbocycles. The van der Waals surface area contributed by atoms with Gasteiger partial charge in [-0.15, -0.1) is 12.1 Å². The number of halogens is 4. The second-order valence-corrected chi connectivity index (χ2v) is 14.0. The van der Waals surface area contributed by atoms with Crippen LogP contribution in [-0.2, 0) is 49.2 Å². The van der Waals surface area contributed by atoms with E-state index in [2.05, 4.69) is 17.1 Å². The summed E-state index contributed by atoms with van der Waals surface area (Å²) in [5.74, 6) is -4.70. The zero-order valence-electron chi connectivity index (χ0n) is 26.1. The van der Waals surface area contributed by atoms with Gasteiger partial charge in [0.1, 0.15) is 0 Å². The van der Waals surface area contributed by atoms with Gasteiger partial charge in [0.15, 0.2) is 9.84 Å². The molecule has 10 heteroatoms. The summed E-state index contributed by atoms with van der Waals surface area (Å²) in [7, 11) is -4.76. The first-order valence-corrected chi connectivity index (χ1v) is 16.6. The normalized spacial score (nSPS) is 13.3. The molecule has 0 radical (unpaired) electrons. The summed E-state index contributed by atoms with van der Waals surface area (Å²) in [6.07, 6.45) is -0.760. The van der Waals surface area contributed by atoms with E-state index in [4.69, 9.17) is 4.98 Å². The van der Waals surface area contributed by atoms with Crippen LogP contribution in [0.4, 0.5) is 17.6 Å². The second kappa shape index (κ2) is 13.1. The van der Waals surface area contributed by atoms with E-state index in [9.17, 15) is 8.42 Å². The van der Waals surface area contributed by atoms with Crippen molar-refractivity contribution in [2.75, 3.05) is 0 Å². The molecule has 0 fully saturated rings. The quantitative estimate of drug-likeness (QED) is 0.132. The standard InChI is InChI=1S/C39H26F4N2O2S.Pt/c1-39(2)32-17-9-15-30(44-32)27-21-24(34(40)29(36(27)42)19-23-11-5-3-6-12-23)20-25-22-28(31-16-10-18-33(39)45-31)37(43)38(35(25)41)48(46,47)26-13-7-4-8-14-26;/h3-18H,19-20H2,1-2H3;/q-2;+2. The van der Waals surface area contributed by atoms with E-state index in [0.717, 1.165) is 0 Å². The molecule has 0 aliphatic carbocycles. The summed E-state index contributed by atoms with van der Waals surface area (Å²) in [5.41, 5.74) is -0.803. The fourth-order valence-corrected chi connectivity index (χ4v) is 7.40. The zero-order chi connectivity index (χ0) is 33.8. The van der Waals surface area contributed by atoms with Gasteiger partial charge in [0.25, 0.3) is 0 Å². The first-order chi connectivity index (χ1) is 23.0. The van der Waals surface area contributed by atoms with Crippen molar-refractivity contribution in [3.05, 3.63) is 166 Å². The molecule has 6 aromatic rings. The van der Waals surface area contributed by atoms with Gasteiger partial charge >= 0.3 is 21.1 Å². The summed E-state index contributed by atoms with van der Waals surface area (Å²) in [5, 5.41) is 0. The molecule has 49 heavy (non-hydrogen) atoms. The molecule has 0 amide bonds. The van der Waals surface area contributed by atoms with Crippen LogP contribution in [0.2, 0.25) is 0 Å². The van der Waals surface area contributed by atoms with Crippen LogP contribution in [0.3, 0.4) is 0 Å². The summed E-state index contributed by atoms with van der Waals surface area (Å²) < 4.78 is 93.4. The van der Waals surface area contributed by atoms with Gasteiger partial charge in [0.05, 0.1) is 21.4 Å². The van der Waals surface area contributed by atoms with Gasteiger partial charge in [-0.1, -0.05) is 101 Å². The van der Waals surface area contributed by atoms with E-state index in [0.29, 0.717) is 17.0 Å². The Labute approximate surface area is 296 Å². The molecule has 4 aromatic carbocycles. The number of hydrogen-bond acceptors (Lipinski definition) is 4. The number of nitrogens with zero attached hydrogens (tertiary/aromatic N) is 2. The van der Waals surface area contributed by atoms with Crippen molar-refractivity contribution in [2.24, 2.45) is 0 Å². The van der Waals surface area contributed by atoms with E-state index in [1.165, 1.54) is 30.3 Å². The minimum Gasteiger partial charge on any atom is -0.300 e. The smallest absolute Gasteiger partial charge is 0.300 e. The van der Waals surface area contributed by atoms with Gasteiger partial charge < -0.3 is 9.97 Å². The minimum atomic E-state index is -4.76. The molecule has 248 valence electrons. The Balaban J connectivity index is 0.00000417. The topological polar surface area (TPSA) is 59.9 Å². The van der Waals surface area contributed by atoms with Crippen LogP contribution in [0.25, 0.3) is 22.5 Å². The maximum atomic E-state index is 16.5. The SMILES string of the molecule is CC1(C)c2cccc(n2)-c2[c-]c(c(F)c(Cc3ccccc3)c2F)Cc2[c-]c(c(F)c(S(=O)(=O)c3ccccc3)c2F)-c2cccc1n2.[Pt+2]. The molecule has 8 bridgehead atoms. The van der Waals surface area contributed by atoms with Crippen LogP contribution < -0.4 is 0 Å². The summed E-state index contributed by atoms with van der Waals surface area (Å²) >= 11 is 0. The molecular weight excluding hydrogens is 832 g/mol. The van der Waals surface area contributed by atoms with Crippen molar-refractivity contribution in [1.82, 2.24) is 9.97 Å². The van der Waals surface area contributed by atoms with Crippen molar-refractivity contribution >= 4 is 9.84 Å². The first kappa shape index (κ1) is 34.4. The number of sulfone groups is 1. The van der Waals surface area contributed by atoms with Crippen LogP contribution in [0.1, 0.15) is 47.5 Å². The summed E-state index contributed by atoms with van der Waals surface area (Å²) in [4.78, 5) is 7.87. The van der Waals surface area contributed by atoms with Crippen molar-refractivity contribution < 1.29 is 47.0 Å². The van der Waals surface area contributed by atoms with Crippen molar-refractivity contribution in [3.8, 4) is 22.5 Å². The Kier molecular flexibility index (Phi) is 9.20. The molecule has 3 heterocycles. The van der Waals surface area contributed by atoms with Crippen LogP contribution in [-0.4, -0.2) is 18.4 Å². The Bertz CT molecular complexity index is 2330. The number of hydrogen-bond donors (Lipinski definition) is 0. The molecule has 0 spiro atoms. The van der Waals surface area contributed by atoms with Crippen molar-refractivity contribution in [3.63, 3.8) is 0 Å². The Morgan fingerprint density at radius 3 is 1.73 bits per heavy atom. The van der Waals surface area contributed by atoms with E-state index in [1.807, 2.05) is 13.8 Å². The molecule has 1 aliphatic heterocycles. The summed E-state index contributed by atoms with van der Waals surface area (Å²) in [6, 6.07) is 30.9.